The summed E-state index contributed by atoms with van der Waals surface area (Å²) in [6.07, 6.45) is 2.26. The molecule has 2 atom stereocenters. The summed E-state index contributed by atoms with van der Waals surface area (Å²) >= 11 is 0. The van der Waals surface area contributed by atoms with Crippen LogP contribution in [0.3, 0.4) is 0 Å². The number of carbonyl (C=O) groups is 1. The van der Waals surface area contributed by atoms with E-state index in [0.29, 0.717) is 12.1 Å². The van der Waals surface area contributed by atoms with Gasteiger partial charge in [0.15, 0.2) is 0 Å². The highest BCUT2D eigenvalue weighted by atomic mass is 32.2. The first-order valence-electron chi connectivity index (χ1n) is 7.29. The van der Waals surface area contributed by atoms with Crippen molar-refractivity contribution in [3.63, 3.8) is 0 Å². The van der Waals surface area contributed by atoms with Crippen LogP contribution in [0.2, 0.25) is 0 Å². The van der Waals surface area contributed by atoms with Crippen molar-refractivity contribution in [1.29, 1.82) is 0 Å². The van der Waals surface area contributed by atoms with E-state index in [1.165, 1.54) is 24.3 Å². The molecule has 1 aliphatic rings. The average Bonchev–Trinajstić information content (AvgIpc) is 3.05. The van der Waals surface area contributed by atoms with Gasteiger partial charge in [-0.25, -0.2) is 24.4 Å². The van der Waals surface area contributed by atoms with Gasteiger partial charge in [0.1, 0.15) is 6.04 Å². The molecule has 126 valence electrons. The van der Waals surface area contributed by atoms with Crippen LogP contribution in [0.4, 0.5) is 5.69 Å². The van der Waals surface area contributed by atoms with Gasteiger partial charge in [0, 0.05) is 11.9 Å². The van der Waals surface area contributed by atoms with E-state index in [4.69, 9.17) is 5.14 Å². The number of sulfonamides is 1. The Balaban J connectivity index is 1.62. The number of hydrogen-bond acceptors (Lipinski definition) is 6. The number of nitrogens with two attached hydrogens (primary N) is 1. The van der Waals surface area contributed by atoms with Gasteiger partial charge in [-0.05, 0) is 42.8 Å². The molecule has 2 heterocycles. The van der Waals surface area contributed by atoms with E-state index in [-0.39, 0.29) is 16.8 Å². The molecular weight excluding hydrogens is 330 g/mol. The zero-order chi connectivity index (χ0) is 17.2. The Kier molecular flexibility index (Phi) is 4.58. The lowest BCUT2D eigenvalue weighted by molar-refractivity contribution is -0.117. The molecule has 5 N–H and O–H groups in total. The third kappa shape index (κ3) is 3.77. The molecule has 1 fully saturated rings. The summed E-state index contributed by atoms with van der Waals surface area (Å²) in [5, 5.41) is 7.78. The highest BCUT2D eigenvalue weighted by Gasteiger charge is 2.30. The zero-order valence-corrected chi connectivity index (χ0v) is 13.5. The standard InChI is InChI=1S/C15H17N5O3S/c16-24(22,23)11-6-4-10(5-7-11)18-15(21)14-9-13(19-20-14)12-3-1-2-8-17-12/h1-8,13-14,19-20H,9H2,(H,18,21)(H2,16,22,23). The summed E-state index contributed by atoms with van der Waals surface area (Å²) in [6.45, 7) is 0. The molecule has 24 heavy (non-hydrogen) atoms. The molecule has 1 saturated heterocycles. The second-order valence-corrected chi connectivity index (χ2v) is 7.00. The van der Waals surface area contributed by atoms with Crippen LogP contribution in [-0.2, 0) is 14.8 Å². The van der Waals surface area contributed by atoms with Gasteiger partial charge in [-0.2, -0.15) is 0 Å². The maximum Gasteiger partial charge on any atom is 0.242 e. The molecule has 1 amide bonds. The first-order chi connectivity index (χ1) is 11.4. The monoisotopic (exact) mass is 347 g/mol. The second-order valence-electron chi connectivity index (χ2n) is 5.44. The Bertz CT molecular complexity index is 824. The Morgan fingerprint density at radius 2 is 1.92 bits per heavy atom. The van der Waals surface area contributed by atoms with Crippen LogP contribution in [0.25, 0.3) is 0 Å². The van der Waals surface area contributed by atoms with Crippen LogP contribution < -0.4 is 21.3 Å². The first kappa shape index (κ1) is 16.5. The van der Waals surface area contributed by atoms with E-state index in [0.717, 1.165) is 5.69 Å². The zero-order valence-electron chi connectivity index (χ0n) is 12.6. The van der Waals surface area contributed by atoms with Crippen LogP contribution in [0.5, 0.6) is 0 Å². The molecular formula is C15H17N5O3S. The molecule has 8 nitrogen and oxygen atoms in total. The Morgan fingerprint density at radius 3 is 2.54 bits per heavy atom. The first-order valence-corrected chi connectivity index (χ1v) is 8.84. The van der Waals surface area contributed by atoms with Gasteiger partial charge in [-0.15, -0.1) is 0 Å². The molecule has 1 aromatic carbocycles. The number of aromatic nitrogens is 1. The summed E-state index contributed by atoms with van der Waals surface area (Å²) in [5.74, 6) is -0.218. The molecule has 3 rings (SSSR count). The molecule has 2 aromatic rings. The number of pyridine rings is 1. The minimum absolute atomic E-state index is 0.00336. The van der Waals surface area contributed by atoms with Crippen molar-refractivity contribution in [3.05, 3.63) is 54.4 Å². The summed E-state index contributed by atoms with van der Waals surface area (Å²) in [7, 11) is -3.74. The van der Waals surface area contributed by atoms with E-state index in [2.05, 4.69) is 21.2 Å². The van der Waals surface area contributed by atoms with Crippen molar-refractivity contribution in [2.24, 2.45) is 5.14 Å². The second kappa shape index (κ2) is 6.65. The fourth-order valence-electron chi connectivity index (χ4n) is 2.46. The number of amides is 1. The van der Waals surface area contributed by atoms with Crippen LogP contribution in [0.1, 0.15) is 18.2 Å². The predicted octanol–water partition coefficient (Wildman–Crippen LogP) is 0.275. The van der Waals surface area contributed by atoms with E-state index >= 15 is 0 Å². The third-order valence-electron chi connectivity index (χ3n) is 3.71. The molecule has 0 aliphatic carbocycles. The van der Waals surface area contributed by atoms with E-state index < -0.39 is 16.1 Å². The number of carbonyl (C=O) groups excluding carboxylic acids is 1. The van der Waals surface area contributed by atoms with Gasteiger partial charge in [-0.3, -0.25) is 9.78 Å². The fourth-order valence-corrected chi connectivity index (χ4v) is 2.98. The number of nitrogens with zero attached hydrogens (tertiary/aromatic N) is 1. The molecule has 0 bridgehead atoms. The lowest BCUT2D eigenvalue weighted by atomic mass is 10.1. The normalized spacial score (nSPS) is 20.7. The Hall–Kier alpha value is -2.33. The van der Waals surface area contributed by atoms with E-state index in [9.17, 15) is 13.2 Å². The van der Waals surface area contributed by atoms with Crippen molar-refractivity contribution < 1.29 is 13.2 Å². The Labute approximate surface area is 139 Å². The Morgan fingerprint density at radius 1 is 1.17 bits per heavy atom. The summed E-state index contributed by atoms with van der Waals surface area (Å²) in [5.41, 5.74) is 7.35. The quantitative estimate of drug-likeness (QED) is 0.629. The number of benzene rings is 1. The maximum absolute atomic E-state index is 12.3. The van der Waals surface area contributed by atoms with Crippen molar-refractivity contribution in [2.75, 3.05) is 5.32 Å². The van der Waals surface area contributed by atoms with Gasteiger partial charge < -0.3 is 5.32 Å². The molecule has 2 unspecified atom stereocenters. The molecule has 0 saturated carbocycles. The average molecular weight is 347 g/mol. The highest BCUT2D eigenvalue weighted by Crippen LogP contribution is 2.21. The molecule has 0 radical (unpaired) electrons. The number of primary sulfonamides is 1. The van der Waals surface area contributed by atoms with Crippen molar-refractivity contribution >= 4 is 21.6 Å². The van der Waals surface area contributed by atoms with Gasteiger partial charge in [0.05, 0.1) is 16.6 Å². The van der Waals surface area contributed by atoms with Gasteiger partial charge in [-0.1, -0.05) is 6.07 Å². The van der Waals surface area contributed by atoms with Gasteiger partial charge >= 0.3 is 0 Å². The molecule has 1 aliphatic heterocycles. The van der Waals surface area contributed by atoms with Crippen molar-refractivity contribution in [1.82, 2.24) is 15.8 Å². The van der Waals surface area contributed by atoms with E-state index in [1.54, 1.807) is 6.20 Å². The van der Waals surface area contributed by atoms with Crippen LogP contribution >= 0.6 is 0 Å². The molecule has 1 aromatic heterocycles. The minimum Gasteiger partial charge on any atom is -0.325 e. The van der Waals surface area contributed by atoms with Crippen LogP contribution in [0.15, 0.2) is 53.6 Å². The van der Waals surface area contributed by atoms with Gasteiger partial charge in [0.2, 0.25) is 15.9 Å². The number of hydrazine groups is 1. The number of nitrogens with one attached hydrogen (secondary N) is 3. The minimum atomic E-state index is -3.74. The third-order valence-corrected chi connectivity index (χ3v) is 4.64. The predicted molar refractivity (Wildman–Crippen MR) is 88.1 cm³/mol. The summed E-state index contributed by atoms with van der Waals surface area (Å²) in [4.78, 5) is 16.6. The van der Waals surface area contributed by atoms with Crippen LogP contribution in [-0.4, -0.2) is 25.4 Å². The highest BCUT2D eigenvalue weighted by molar-refractivity contribution is 7.89. The summed E-state index contributed by atoms with van der Waals surface area (Å²) < 4.78 is 22.4. The summed E-state index contributed by atoms with van der Waals surface area (Å²) in [6, 6.07) is 10.8. The van der Waals surface area contributed by atoms with Crippen molar-refractivity contribution in [3.8, 4) is 0 Å². The lowest BCUT2D eigenvalue weighted by Gasteiger charge is -2.11. The SMILES string of the molecule is NS(=O)(=O)c1ccc(NC(=O)C2CC(c3ccccn3)NN2)cc1. The fraction of sp³-hybridized carbons (Fsp3) is 0.200. The maximum atomic E-state index is 12.3. The van der Waals surface area contributed by atoms with Crippen LogP contribution in [0, 0.1) is 0 Å². The largest absolute Gasteiger partial charge is 0.325 e. The smallest absolute Gasteiger partial charge is 0.242 e. The van der Waals surface area contributed by atoms with E-state index in [1.807, 2.05) is 18.2 Å². The van der Waals surface area contributed by atoms with Gasteiger partial charge in [0.25, 0.3) is 0 Å². The topological polar surface area (TPSA) is 126 Å². The number of anilines is 1. The number of rotatable bonds is 4. The molecule has 9 heteroatoms. The lowest BCUT2D eigenvalue weighted by Crippen LogP contribution is -2.39. The molecule has 0 spiro atoms. The number of hydrogen-bond donors (Lipinski definition) is 4. The van der Waals surface area contributed by atoms with Crippen molar-refractivity contribution in [2.45, 2.75) is 23.4 Å².